The van der Waals surface area contributed by atoms with E-state index in [-0.39, 0.29) is 0 Å². The Hall–Kier alpha value is -0.940. The van der Waals surface area contributed by atoms with Gasteiger partial charge >= 0.3 is 0 Å². The lowest BCUT2D eigenvalue weighted by Crippen LogP contribution is -2.58. The predicted molar refractivity (Wildman–Crippen MR) is 65.6 cm³/mol. The molecule has 0 unspecified atom stereocenters. The highest BCUT2D eigenvalue weighted by Gasteiger charge is 2.38. The average Bonchev–Trinajstić information content (AvgIpc) is 2.36. The molecule has 2 heteroatoms. The monoisotopic (exact) mass is 220 g/mol. The molecule has 3 aliphatic rings. The molecule has 2 nitrogen and oxygen atoms in total. The van der Waals surface area contributed by atoms with Crippen molar-refractivity contribution in [3.05, 3.63) is 12.3 Å². The van der Waals surface area contributed by atoms with Crippen molar-refractivity contribution in [1.29, 1.82) is 0 Å². The van der Waals surface area contributed by atoms with Gasteiger partial charge in [0.1, 0.15) is 0 Å². The van der Waals surface area contributed by atoms with Crippen LogP contribution in [0.1, 0.15) is 25.7 Å². The lowest BCUT2D eigenvalue weighted by molar-refractivity contribution is -0.942. The fourth-order valence-corrected chi connectivity index (χ4v) is 3.11. The van der Waals surface area contributed by atoms with Crippen LogP contribution in [0.4, 0.5) is 0 Å². The fourth-order valence-electron chi connectivity index (χ4n) is 3.11. The van der Waals surface area contributed by atoms with Crippen LogP contribution in [0.2, 0.25) is 0 Å². The summed E-state index contributed by atoms with van der Waals surface area (Å²) in [5, 5.41) is 0. The molecule has 3 saturated heterocycles. The third-order valence-corrected chi connectivity index (χ3v) is 4.19. The fraction of sp³-hybridized carbons (Fsp3) is 0.714. The topological polar surface area (TPSA) is 9.23 Å². The Morgan fingerprint density at radius 2 is 1.94 bits per heavy atom. The minimum absolute atomic E-state index is 0.807. The quantitative estimate of drug-likeness (QED) is 0.299. The van der Waals surface area contributed by atoms with Crippen molar-refractivity contribution in [2.75, 3.05) is 32.8 Å². The first-order valence-corrected chi connectivity index (χ1v) is 6.42. The first kappa shape index (κ1) is 11.5. The Labute approximate surface area is 98.9 Å². The number of quaternary nitrogens is 1. The van der Waals surface area contributed by atoms with Gasteiger partial charge in [-0.15, -0.1) is 6.42 Å². The van der Waals surface area contributed by atoms with Gasteiger partial charge in [0.25, 0.3) is 0 Å². The summed E-state index contributed by atoms with van der Waals surface area (Å²) in [7, 11) is 0. The number of hydrogen-bond donors (Lipinski definition) is 0. The zero-order valence-electron chi connectivity index (χ0n) is 10.0. The first-order valence-electron chi connectivity index (χ1n) is 6.42. The maximum atomic E-state index is 5.33. The van der Waals surface area contributed by atoms with E-state index < -0.39 is 0 Å². The molecule has 0 saturated carbocycles. The molecule has 0 aliphatic carbocycles. The molecule has 3 aliphatic heterocycles. The second-order valence-corrected chi connectivity index (χ2v) is 5.16. The van der Waals surface area contributed by atoms with Crippen molar-refractivity contribution >= 4 is 0 Å². The zero-order valence-corrected chi connectivity index (χ0v) is 10.0. The number of ether oxygens (including phenoxy) is 1. The van der Waals surface area contributed by atoms with Crippen molar-refractivity contribution in [1.82, 2.24) is 0 Å². The van der Waals surface area contributed by atoms with Gasteiger partial charge in [-0.1, -0.05) is 5.92 Å². The summed E-state index contributed by atoms with van der Waals surface area (Å²) < 4.78 is 6.69. The Balaban J connectivity index is 1.65. The van der Waals surface area contributed by atoms with E-state index in [4.69, 9.17) is 11.2 Å². The van der Waals surface area contributed by atoms with Crippen LogP contribution in [0.15, 0.2) is 12.3 Å². The Morgan fingerprint density at radius 3 is 2.56 bits per heavy atom. The molecule has 3 heterocycles. The van der Waals surface area contributed by atoms with Gasteiger partial charge in [-0.3, -0.25) is 0 Å². The first-order chi connectivity index (χ1) is 7.85. The zero-order chi connectivity index (χ0) is 11.3. The number of allylic oxidation sites excluding steroid dienone is 1. The molecule has 0 spiro atoms. The SMILES string of the molecule is C#C/C=C/OCCC[N+]12CCC(CC1)CC2. The second kappa shape index (κ2) is 5.41. The molecule has 0 amide bonds. The Kier molecular flexibility index (Phi) is 3.90. The van der Waals surface area contributed by atoms with E-state index in [1.165, 1.54) is 49.9 Å². The summed E-state index contributed by atoms with van der Waals surface area (Å²) in [6.45, 7) is 6.32. The molecule has 16 heavy (non-hydrogen) atoms. The number of terminal acetylenes is 1. The molecule has 88 valence electrons. The summed E-state index contributed by atoms with van der Waals surface area (Å²) in [5.74, 6) is 3.47. The molecule has 0 radical (unpaired) electrons. The number of fused-ring (bicyclic) bond motifs is 3. The van der Waals surface area contributed by atoms with Crippen LogP contribution in [0, 0.1) is 18.3 Å². The Bertz CT molecular complexity index is 268. The van der Waals surface area contributed by atoms with E-state index >= 15 is 0 Å². The van der Waals surface area contributed by atoms with Gasteiger partial charge in [0.05, 0.1) is 39.0 Å². The maximum Gasteiger partial charge on any atom is 0.0927 e. The van der Waals surface area contributed by atoms with Crippen molar-refractivity contribution in [3.8, 4) is 12.3 Å². The molecular formula is C14H22NO+. The molecule has 0 atom stereocenters. The van der Waals surface area contributed by atoms with E-state index in [1.807, 2.05) is 0 Å². The van der Waals surface area contributed by atoms with Crippen molar-refractivity contribution in [2.45, 2.75) is 25.7 Å². The molecule has 0 aromatic rings. The van der Waals surface area contributed by atoms with Gasteiger partial charge in [0.15, 0.2) is 0 Å². The molecule has 0 N–H and O–H groups in total. The maximum absolute atomic E-state index is 5.33. The minimum atomic E-state index is 0.807. The van der Waals surface area contributed by atoms with Crippen molar-refractivity contribution in [2.24, 2.45) is 5.92 Å². The van der Waals surface area contributed by atoms with Crippen LogP contribution in [0.25, 0.3) is 0 Å². The molecule has 3 rings (SSSR count). The summed E-state index contributed by atoms with van der Waals surface area (Å²) in [6, 6.07) is 0. The van der Waals surface area contributed by atoms with Crippen LogP contribution < -0.4 is 0 Å². The summed E-state index contributed by atoms with van der Waals surface area (Å²) in [4.78, 5) is 0. The largest absolute Gasteiger partial charge is 0.500 e. The summed E-state index contributed by atoms with van der Waals surface area (Å²) >= 11 is 0. The van der Waals surface area contributed by atoms with Gasteiger partial charge < -0.3 is 9.22 Å². The second-order valence-electron chi connectivity index (χ2n) is 5.16. The normalized spacial score (nSPS) is 32.8. The van der Waals surface area contributed by atoms with Crippen LogP contribution in [-0.4, -0.2) is 37.3 Å². The third-order valence-electron chi connectivity index (χ3n) is 4.19. The molecular weight excluding hydrogens is 198 g/mol. The standard InChI is InChI=1S/C14H22NO/c1-2-3-12-16-13-4-8-15-9-5-14(6-10-15)7-11-15/h1,3,12,14H,4-11,13H2/q+1/b12-3+. The smallest absolute Gasteiger partial charge is 0.0927 e. The number of hydrogen-bond acceptors (Lipinski definition) is 1. The number of piperidine rings is 3. The highest BCUT2D eigenvalue weighted by molar-refractivity contribution is 5.05. The van der Waals surface area contributed by atoms with Gasteiger partial charge in [-0.2, -0.15) is 0 Å². The third kappa shape index (κ3) is 2.80. The highest BCUT2D eigenvalue weighted by atomic mass is 16.5. The lowest BCUT2D eigenvalue weighted by Gasteiger charge is -2.49. The van der Waals surface area contributed by atoms with E-state index in [0.29, 0.717) is 0 Å². The summed E-state index contributed by atoms with van der Waals surface area (Å²) in [5.41, 5.74) is 0. The number of rotatable bonds is 5. The number of nitrogens with zero attached hydrogens (tertiary/aromatic N) is 1. The summed E-state index contributed by atoms with van der Waals surface area (Å²) in [6.07, 6.45) is 13.8. The minimum Gasteiger partial charge on any atom is -0.500 e. The van der Waals surface area contributed by atoms with Gasteiger partial charge in [0.2, 0.25) is 0 Å². The van der Waals surface area contributed by atoms with E-state index in [9.17, 15) is 0 Å². The van der Waals surface area contributed by atoms with Crippen molar-refractivity contribution < 1.29 is 9.22 Å². The van der Waals surface area contributed by atoms with Crippen molar-refractivity contribution in [3.63, 3.8) is 0 Å². The van der Waals surface area contributed by atoms with Crippen LogP contribution in [0.5, 0.6) is 0 Å². The van der Waals surface area contributed by atoms with Gasteiger partial charge in [-0.05, 0) is 25.2 Å². The molecule has 0 aromatic carbocycles. The van der Waals surface area contributed by atoms with E-state index in [2.05, 4.69) is 5.92 Å². The Morgan fingerprint density at radius 1 is 1.25 bits per heavy atom. The van der Waals surface area contributed by atoms with Crippen LogP contribution >= 0.6 is 0 Å². The molecule has 0 aromatic heterocycles. The molecule has 2 bridgehead atoms. The van der Waals surface area contributed by atoms with Crippen LogP contribution in [0.3, 0.4) is 0 Å². The predicted octanol–water partition coefficient (Wildman–Crippen LogP) is 2.17. The van der Waals surface area contributed by atoms with Gasteiger partial charge in [0, 0.05) is 12.5 Å². The lowest BCUT2D eigenvalue weighted by atomic mass is 9.85. The van der Waals surface area contributed by atoms with Crippen LogP contribution in [-0.2, 0) is 4.74 Å². The van der Waals surface area contributed by atoms with E-state index in [0.717, 1.165) is 18.9 Å². The molecule has 3 fully saturated rings. The average molecular weight is 220 g/mol. The highest BCUT2D eigenvalue weighted by Crippen LogP contribution is 2.33. The van der Waals surface area contributed by atoms with E-state index in [1.54, 1.807) is 12.3 Å². The van der Waals surface area contributed by atoms with Gasteiger partial charge in [-0.25, -0.2) is 0 Å².